The van der Waals surface area contributed by atoms with Crippen LogP contribution in [0.4, 0.5) is 0 Å². The largest absolute Gasteiger partial charge is 0.375 e. The molecule has 2 fully saturated rings. The highest BCUT2D eigenvalue weighted by Gasteiger charge is 2.37. The molecule has 2 atom stereocenters. The quantitative estimate of drug-likeness (QED) is 0.469. The van der Waals surface area contributed by atoms with Gasteiger partial charge in [0.05, 0.1) is 12.7 Å². The van der Waals surface area contributed by atoms with E-state index in [0.717, 1.165) is 19.2 Å². The average molecular weight is 127 g/mol. The first-order valence-electron chi connectivity index (χ1n) is 3.70. The Hall–Kier alpha value is -0.0800. The van der Waals surface area contributed by atoms with Crippen molar-refractivity contribution < 1.29 is 4.74 Å². The van der Waals surface area contributed by atoms with Crippen LogP contribution in [0.3, 0.4) is 0 Å². The molecule has 0 N–H and O–H groups in total. The minimum Gasteiger partial charge on any atom is -0.375 e. The van der Waals surface area contributed by atoms with Crippen molar-refractivity contribution in [1.82, 2.24) is 4.90 Å². The van der Waals surface area contributed by atoms with Crippen LogP contribution in [0.2, 0.25) is 0 Å². The maximum Gasteiger partial charge on any atom is 0.0731 e. The molecule has 0 bridgehead atoms. The Morgan fingerprint density at radius 2 is 2.33 bits per heavy atom. The Balaban J connectivity index is 1.98. The second-order valence-electron chi connectivity index (χ2n) is 3.03. The Morgan fingerprint density at radius 3 is 2.78 bits per heavy atom. The van der Waals surface area contributed by atoms with Crippen LogP contribution in [0.1, 0.15) is 12.8 Å². The summed E-state index contributed by atoms with van der Waals surface area (Å²) >= 11 is 0. The summed E-state index contributed by atoms with van der Waals surface area (Å²) in [5.41, 5.74) is 0. The van der Waals surface area contributed by atoms with Gasteiger partial charge < -0.3 is 4.74 Å². The highest BCUT2D eigenvalue weighted by molar-refractivity contribution is 4.91. The van der Waals surface area contributed by atoms with E-state index in [1.807, 2.05) is 0 Å². The lowest BCUT2D eigenvalue weighted by Gasteiger charge is -2.46. The normalized spacial score (nSPS) is 43.7. The molecule has 1 saturated carbocycles. The third-order valence-corrected chi connectivity index (χ3v) is 2.52. The standard InChI is InChI=1S/C7H13NO/c1-8-4-5-9-7-3-2-6(7)8/h6-7H,2-5H2,1H3. The molecule has 0 amide bonds. The molecule has 2 rings (SSSR count). The van der Waals surface area contributed by atoms with E-state index in [1.54, 1.807) is 0 Å². The van der Waals surface area contributed by atoms with Gasteiger partial charge in [-0.05, 0) is 19.9 Å². The van der Waals surface area contributed by atoms with Crippen LogP contribution in [0.15, 0.2) is 0 Å². The SMILES string of the molecule is CN1CCOC2CCC21. The van der Waals surface area contributed by atoms with Gasteiger partial charge in [0.15, 0.2) is 0 Å². The van der Waals surface area contributed by atoms with Gasteiger partial charge in [0.1, 0.15) is 0 Å². The summed E-state index contributed by atoms with van der Waals surface area (Å²) < 4.78 is 5.51. The third kappa shape index (κ3) is 0.775. The van der Waals surface area contributed by atoms with Crippen molar-refractivity contribution in [3.05, 3.63) is 0 Å². The molecule has 2 nitrogen and oxygen atoms in total. The Bertz CT molecular complexity index is 109. The lowest BCUT2D eigenvalue weighted by Crippen LogP contribution is -2.55. The fraction of sp³-hybridized carbons (Fsp3) is 1.00. The molecule has 0 spiro atoms. The van der Waals surface area contributed by atoms with Crippen LogP contribution in [0.25, 0.3) is 0 Å². The van der Waals surface area contributed by atoms with Crippen molar-refractivity contribution >= 4 is 0 Å². The molecule has 1 aliphatic heterocycles. The van der Waals surface area contributed by atoms with Gasteiger partial charge in [-0.1, -0.05) is 0 Å². The van der Waals surface area contributed by atoms with E-state index in [1.165, 1.54) is 12.8 Å². The summed E-state index contributed by atoms with van der Waals surface area (Å²) in [7, 11) is 2.19. The summed E-state index contributed by atoms with van der Waals surface area (Å²) in [6.45, 7) is 2.07. The molecule has 1 aliphatic carbocycles. The molecule has 2 unspecified atom stereocenters. The monoisotopic (exact) mass is 127 g/mol. The minimum atomic E-state index is 0.587. The maximum absolute atomic E-state index is 5.51. The zero-order chi connectivity index (χ0) is 6.27. The van der Waals surface area contributed by atoms with E-state index in [9.17, 15) is 0 Å². The summed E-state index contributed by atoms with van der Waals surface area (Å²) in [5, 5.41) is 0. The first kappa shape index (κ1) is 5.69. The molecular weight excluding hydrogens is 114 g/mol. The molecule has 1 saturated heterocycles. The molecule has 9 heavy (non-hydrogen) atoms. The Kier molecular flexibility index (Phi) is 1.24. The summed E-state index contributed by atoms with van der Waals surface area (Å²) in [5.74, 6) is 0. The number of rotatable bonds is 0. The second-order valence-corrected chi connectivity index (χ2v) is 3.03. The van der Waals surface area contributed by atoms with Crippen LogP contribution >= 0.6 is 0 Å². The third-order valence-electron chi connectivity index (χ3n) is 2.52. The maximum atomic E-state index is 5.51. The Labute approximate surface area is 55.8 Å². The minimum absolute atomic E-state index is 0.587. The molecule has 0 radical (unpaired) electrons. The van der Waals surface area contributed by atoms with Gasteiger partial charge in [-0.25, -0.2) is 0 Å². The van der Waals surface area contributed by atoms with Crippen LogP contribution in [-0.2, 0) is 4.74 Å². The second kappa shape index (κ2) is 1.96. The van der Waals surface area contributed by atoms with Crippen LogP contribution in [-0.4, -0.2) is 37.2 Å². The highest BCUT2D eigenvalue weighted by Crippen LogP contribution is 2.29. The number of hydrogen-bond donors (Lipinski definition) is 0. The van der Waals surface area contributed by atoms with Crippen molar-refractivity contribution in [1.29, 1.82) is 0 Å². The van der Waals surface area contributed by atoms with Gasteiger partial charge >= 0.3 is 0 Å². The first-order valence-corrected chi connectivity index (χ1v) is 3.70. The average Bonchev–Trinajstić information content (AvgIpc) is 1.74. The number of likely N-dealkylation sites (N-methyl/N-ethyl adjacent to an activating group) is 1. The van der Waals surface area contributed by atoms with Gasteiger partial charge in [-0.3, -0.25) is 4.90 Å². The molecule has 1 heterocycles. The van der Waals surface area contributed by atoms with E-state index in [4.69, 9.17) is 4.74 Å². The van der Waals surface area contributed by atoms with Gasteiger partial charge in [0, 0.05) is 12.6 Å². The fourth-order valence-electron chi connectivity index (χ4n) is 1.66. The van der Waals surface area contributed by atoms with Gasteiger partial charge in [0.2, 0.25) is 0 Å². The predicted molar refractivity (Wildman–Crippen MR) is 35.4 cm³/mol. The Morgan fingerprint density at radius 1 is 1.44 bits per heavy atom. The van der Waals surface area contributed by atoms with Crippen molar-refractivity contribution in [3.8, 4) is 0 Å². The van der Waals surface area contributed by atoms with E-state index >= 15 is 0 Å². The lowest BCUT2D eigenvalue weighted by molar-refractivity contribution is -0.111. The van der Waals surface area contributed by atoms with Crippen molar-refractivity contribution in [2.24, 2.45) is 0 Å². The van der Waals surface area contributed by atoms with Gasteiger partial charge in [0.25, 0.3) is 0 Å². The van der Waals surface area contributed by atoms with Crippen molar-refractivity contribution in [2.45, 2.75) is 25.0 Å². The zero-order valence-electron chi connectivity index (χ0n) is 5.84. The number of morpholine rings is 1. The van der Waals surface area contributed by atoms with E-state index in [2.05, 4.69) is 11.9 Å². The zero-order valence-corrected chi connectivity index (χ0v) is 5.84. The molecular formula is C7H13NO. The van der Waals surface area contributed by atoms with Gasteiger partial charge in [-0.2, -0.15) is 0 Å². The van der Waals surface area contributed by atoms with Gasteiger partial charge in [-0.15, -0.1) is 0 Å². The van der Waals surface area contributed by atoms with Crippen molar-refractivity contribution in [2.75, 3.05) is 20.2 Å². The van der Waals surface area contributed by atoms with Crippen LogP contribution in [0, 0.1) is 0 Å². The highest BCUT2D eigenvalue weighted by atomic mass is 16.5. The first-order chi connectivity index (χ1) is 4.38. The fourth-order valence-corrected chi connectivity index (χ4v) is 1.66. The van der Waals surface area contributed by atoms with E-state index in [0.29, 0.717) is 6.10 Å². The van der Waals surface area contributed by atoms with E-state index < -0.39 is 0 Å². The van der Waals surface area contributed by atoms with Crippen LogP contribution < -0.4 is 0 Å². The van der Waals surface area contributed by atoms with Crippen molar-refractivity contribution in [3.63, 3.8) is 0 Å². The predicted octanol–water partition coefficient (Wildman–Crippen LogP) is 0.479. The lowest BCUT2D eigenvalue weighted by atomic mass is 9.87. The number of nitrogens with zero attached hydrogens (tertiary/aromatic N) is 1. The molecule has 0 aromatic heterocycles. The van der Waals surface area contributed by atoms with Crippen LogP contribution in [0.5, 0.6) is 0 Å². The molecule has 52 valence electrons. The number of hydrogen-bond acceptors (Lipinski definition) is 2. The summed E-state index contributed by atoms with van der Waals surface area (Å²) in [6, 6.07) is 0.763. The summed E-state index contributed by atoms with van der Waals surface area (Å²) in [4.78, 5) is 2.41. The smallest absolute Gasteiger partial charge is 0.0731 e. The molecule has 0 aromatic rings. The molecule has 2 heteroatoms. The summed E-state index contributed by atoms with van der Waals surface area (Å²) in [6.07, 6.45) is 3.22. The topological polar surface area (TPSA) is 12.5 Å². The number of fused-ring (bicyclic) bond motifs is 1. The molecule has 2 aliphatic rings. The molecule has 0 aromatic carbocycles. The van der Waals surface area contributed by atoms with E-state index in [-0.39, 0.29) is 0 Å². The number of ether oxygens (including phenoxy) is 1.